The fourth-order valence-corrected chi connectivity index (χ4v) is 2.50. The van der Waals surface area contributed by atoms with Gasteiger partial charge in [-0.3, -0.25) is 0 Å². The van der Waals surface area contributed by atoms with Gasteiger partial charge in [0.05, 0.1) is 10.7 Å². The average Bonchev–Trinajstić information content (AvgIpc) is 2.72. The minimum atomic E-state index is 0.246. The molecule has 1 unspecified atom stereocenters. The zero-order valence-electron chi connectivity index (χ0n) is 9.44. The summed E-state index contributed by atoms with van der Waals surface area (Å²) >= 11 is 6.18. The molecule has 0 saturated carbocycles. The lowest BCUT2D eigenvalue weighted by molar-refractivity contribution is 0.453. The second-order valence-electron chi connectivity index (χ2n) is 4.47. The Morgan fingerprint density at radius 3 is 3.00 bits per heavy atom. The summed E-state index contributed by atoms with van der Waals surface area (Å²) in [6, 6.07) is 8.04. The van der Waals surface area contributed by atoms with E-state index >= 15 is 0 Å². The van der Waals surface area contributed by atoms with Gasteiger partial charge in [-0.2, -0.15) is 0 Å². The maximum Gasteiger partial charge on any atom is 0.109 e. The number of nitrogens with two attached hydrogens (primary N) is 1. The summed E-state index contributed by atoms with van der Waals surface area (Å²) < 4.78 is 2.15. The number of hydrogen-bond donors (Lipinski definition) is 1. The number of imidazole rings is 1. The van der Waals surface area contributed by atoms with E-state index in [1.807, 2.05) is 24.3 Å². The van der Waals surface area contributed by atoms with Crippen LogP contribution in [0.25, 0.3) is 11.3 Å². The normalized spacial score (nSPS) is 19.1. The molecule has 0 aliphatic carbocycles. The molecule has 2 N–H and O–H groups in total. The van der Waals surface area contributed by atoms with E-state index in [0.717, 1.165) is 41.5 Å². The van der Waals surface area contributed by atoms with Gasteiger partial charge in [-0.05, 0) is 12.5 Å². The Balaban J connectivity index is 2.03. The van der Waals surface area contributed by atoms with Crippen LogP contribution in [0.2, 0.25) is 5.02 Å². The molecule has 1 atom stereocenters. The summed E-state index contributed by atoms with van der Waals surface area (Å²) in [5.41, 5.74) is 7.89. The van der Waals surface area contributed by atoms with E-state index in [1.165, 1.54) is 0 Å². The number of rotatable bonds is 1. The molecule has 0 radical (unpaired) electrons. The molecule has 0 amide bonds. The summed E-state index contributed by atoms with van der Waals surface area (Å²) in [5.74, 6) is 1.11. The standard InChI is InChI=1S/C13H14ClN3/c14-11-4-2-1-3-10(11)12-8-17-7-9(15)5-6-13(17)16-12/h1-4,8-9H,5-7,15H2. The van der Waals surface area contributed by atoms with Gasteiger partial charge in [-0.1, -0.05) is 29.8 Å². The number of halogens is 1. The molecule has 1 aromatic carbocycles. The van der Waals surface area contributed by atoms with E-state index in [-0.39, 0.29) is 6.04 Å². The van der Waals surface area contributed by atoms with Crippen LogP contribution in [0, 0.1) is 0 Å². The van der Waals surface area contributed by atoms with E-state index < -0.39 is 0 Å². The first-order valence-electron chi connectivity index (χ1n) is 5.80. The Morgan fingerprint density at radius 1 is 1.35 bits per heavy atom. The first-order valence-corrected chi connectivity index (χ1v) is 6.18. The molecule has 2 heterocycles. The Kier molecular flexibility index (Phi) is 2.65. The lowest BCUT2D eigenvalue weighted by Gasteiger charge is -2.19. The van der Waals surface area contributed by atoms with Crippen molar-refractivity contribution in [2.24, 2.45) is 5.73 Å². The zero-order chi connectivity index (χ0) is 11.8. The SMILES string of the molecule is NC1CCc2nc(-c3ccccc3Cl)cn2C1. The summed E-state index contributed by atoms with van der Waals surface area (Å²) in [6.45, 7) is 0.854. The van der Waals surface area contributed by atoms with Crippen molar-refractivity contribution in [2.45, 2.75) is 25.4 Å². The Bertz CT molecular complexity index is 547. The monoisotopic (exact) mass is 247 g/mol. The van der Waals surface area contributed by atoms with E-state index in [9.17, 15) is 0 Å². The van der Waals surface area contributed by atoms with Gasteiger partial charge in [0.2, 0.25) is 0 Å². The van der Waals surface area contributed by atoms with Crippen molar-refractivity contribution in [3.05, 3.63) is 41.3 Å². The molecule has 1 aromatic heterocycles. The van der Waals surface area contributed by atoms with Crippen LogP contribution in [-0.2, 0) is 13.0 Å². The van der Waals surface area contributed by atoms with Crippen molar-refractivity contribution in [3.63, 3.8) is 0 Å². The number of aromatic nitrogens is 2. The predicted molar refractivity (Wildman–Crippen MR) is 69.0 cm³/mol. The smallest absolute Gasteiger partial charge is 0.109 e. The van der Waals surface area contributed by atoms with Crippen LogP contribution in [0.3, 0.4) is 0 Å². The minimum absolute atomic E-state index is 0.246. The molecule has 0 spiro atoms. The van der Waals surface area contributed by atoms with Gasteiger partial charge in [-0.25, -0.2) is 4.98 Å². The van der Waals surface area contributed by atoms with Crippen molar-refractivity contribution in [1.29, 1.82) is 0 Å². The van der Waals surface area contributed by atoms with Gasteiger partial charge < -0.3 is 10.3 Å². The molecule has 17 heavy (non-hydrogen) atoms. The molecule has 0 saturated heterocycles. The highest BCUT2D eigenvalue weighted by atomic mass is 35.5. The van der Waals surface area contributed by atoms with E-state index in [0.29, 0.717) is 0 Å². The molecule has 4 heteroatoms. The summed E-state index contributed by atoms with van der Waals surface area (Å²) in [7, 11) is 0. The van der Waals surface area contributed by atoms with Gasteiger partial charge in [-0.15, -0.1) is 0 Å². The lowest BCUT2D eigenvalue weighted by Crippen LogP contribution is -2.31. The van der Waals surface area contributed by atoms with Gasteiger partial charge in [0.15, 0.2) is 0 Å². The van der Waals surface area contributed by atoms with E-state index in [1.54, 1.807) is 0 Å². The maximum atomic E-state index is 6.18. The van der Waals surface area contributed by atoms with Crippen LogP contribution in [0.1, 0.15) is 12.2 Å². The molecule has 3 nitrogen and oxygen atoms in total. The van der Waals surface area contributed by atoms with Crippen LogP contribution in [-0.4, -0.2) is 15.6 Å². The van der Waals surface area contributed by atoms with Crippen molar-refractivity contribution < 1.29 is 0 Å². The Labute approximate surface area is 105 Å². The van der Waals surface area contributed by atoms with Crippen LogP contribution in [0.5, 0.6) is 0 Å². The quantitative estimate of drug-likeness (QED) is 0.841. The average molecular weight is 248 g/mol. The van der Waals surface area contributed by atoms with Crippen LogP contribution in [0.15, 0.2) is 30.5 Å². The van der Waals surface area contributed by atoms with Crippen molar-refractivity contribution in [2.75, 3.05) is 0 Å². The summed E-state index contributed by atoms with van der Waals surface area (Å²) in [5, 5.41) is 0.743. The number of hydrogen-bond acceptors (Lipinski definition) is 2. The fourth-order valence-electron chi connectivity index (χ4n) is 2.27. The van der Waals surface area contributed by atoms with Crippen LogP contribution in [0.4, 0.5) is 0 Å². The molecule has 0 fully saturated rings. The van der Waals surface area contributed by atoms with Gasteiger partial charge >= 0.3 is 0 Å². The number of fused-ring (bicyclic) bond motifs is 1. The first-order chi connectivity index (χ1) is 8.24. The number of aryl methyl sites for hydroxylation is 1. The molecule has 2 aromatic rings. The third kappa shape index (κ3) is 1.96. The van der Waals surface area contributed by atoms with Crippen molar-refractivity contribution in [3.8, 4) is 11.3 Å². The number of benzene rings is 1. The highest BCUT2D eigenvalue weighted by Crippen LogP contribution is 2.28. The lowest BCUT2D eigenvalue weighted by atomic mass is 10.1. The molecule has 0 bridgehead atoms. The van der Waals surface area contributed by atoms with Gasteiger partial charge in [0.25, 0.3) is 0 Å². The summed E-state index contributed by atoms with van der Waals surface area (Å²) in [6.07, 6.45) is 4.01. The topological polar surface area (TPSA) is 43.8 Å². The Hall–Kier alpha value is -1.32. The largest absolute Gasteiger partial charge is 0.333 e. The van der Waals surface area contributed by atoms with Gasteiger partial charge in [0.1, 0.15) is 5.82 Å². The van der Waals surface area contributed by atoms with Crippen LogP contribution < -0.4 is 5.73 Å². The molecular formula is C13H14ClN3. The van der Waals surface area contributed by atoms with Crippen LogP contribution >= 0.6 is 11.6 Å². The Morgan fingerprint density at radius 2 is 2.18 bits per heavy atom. The molecule has 1 aliphatic heterocycles. The minimum Gasteiger partial charge on any atom is -0.333 e. The third-order valence-corrected chi connectivity index (χ3v) is 3.51. The fraction of sp³-hybridized carbons (Fsp3) is 0.308. The van der Waals surface area contributed by atoms with Crippen molar-refractivity contribution >= 4 is 11.6 Å². The second-order valence-corrected chi connectivity index (χ2v) is 4.88. The second kappa shape index (κ2) is 4.17. The highest BCUT2D eigenvalue weighted by molar-refractivity contribution is 6.33. The number of nitrogens with zero attached hydrogens (tertiary/aromatic N) is 2. The molecule has 1 aliphatic rings. The highest BCUT2D eigenvalue weighted by Gasteiger charge is 2.18. The summed E-state index contributed by atoms with van der Waals surface area (Å²) in [4.78, 5) is 4.64. The van der Waals surface area contributed by atoms with E-state index in [4.69, 9.17) is 17.3 Å². The third-order valence-electron chi connectivity index (χ3n) is 3.18. The van der Waals surface area contributed by atoms with Crippen molar-refractivity contribution in [1.82, 2.24) is 9.55 Å². The zero-order valence-corrected chi connectivity index (χ0v) is 10.2. The molecule has 3 rings (SSSR count). The molecule has 88 valence electrons. The maximum absolute atomic E-state index is 6.18. The van der Waals surface area contributed by atoms with Gasteiger partial charge in [0, 0.05) is 30.8 Å². The van der Waals surface area contributed by atoms with E-state index in [2.05, 4.69) is 15.7 Å². The molecular weight excluding hydrogens is 234 g/mol. The first kappa shape index (κ1) is 10.8. The predicted octanol–water partition coefficient (Wildman–Crippen LogP) is 2.48.